The molecule has 0 saturated carbocycles. The monoisotopic (exact) mass is 279 g/mol. The molecule has 2 aromatic rings. The van der Waals surface area contributed by atoms with Gasteiger partial charge in [0.25, 0.3) is 0 Å². The molecule has 2 rings (SSSR count). The molecule has 0 aliphatic rings. The Bertz CT molecular complexity index is 519. The molecule has 1 N–H and O–H groups in total. The van der Waals surface area contributed by atoms with Gasteiger partial charge >= 0.3 is 0 Å². The summed E-state index contributed by atoms with van der Waals surface area (Å²) in [4.78, 5) is 0. The lowest BCUT2D eigenvalue weighted by Gasteiger charge is -2.09. The average Bonchev–Trinajstić information content (AvgIpc) is 2.42. The molecule has 0 bridgehead atoms. The molecule has 0 heterocycles. The number of hydrogen-bond acceptors (Lipinski definition) is 2. The van der Waals surface area contributed by atoms with Gasteiger partial charge in [0.2, 0.25) is 0 Å². The Balaban J connectivity index is 1.69. The standard InChI is InChI=1S/C15H15ClFNO/c16-14-10-13(17)6-7-15(14)19-9-8-18-11-12-4-2-1-3-5-12/h1-7,10,18H,8-9,11H2. The Labute approximate surface area is 117 Å². The first-order valence-electron chi connectivity index (χ1n) is 6.08. The van der Waals surface area contributed by atoms with Crippen molar-refractivity contribution in [2.45, 2.75) is 6.54 Å². The molecule has 0 aliphatic heterocycles. The summed E-state index contributed by atoms with van der Waals surface area (Å²) in [6.45, 7) is 1.97. The van der Waals surface area contributed by atoms with Gasteiger partial charge in [-0.05, 0) is 23.8 Å². The number of rotatable bonds is 6. The van der Waals surface area contributed by atoms with Crippen LogP contribution in [0.25, 0.3) is 0 Å². The molecule has 0 spiro atoms. The van der Waals surface area contributed by atoms with Crippen LogP contribution in [0.15, 0.2) is 48.5 Å². The van der Waals surface area contributed by atoms with E-state index in [0.29, 0.717) is 23.9 Å². The molecule has 0 unspecified atom stereocenters. The molecule has 0 saturated heterocycles. The van der Waals surface area contributed by atoms with E-state index in [9.17, 15) is 4.39 Å². The summed E-state index contributed by atoms with van der Waals surface area (Å²) < 4.78 is 18.3. The summed E-state index contributed by atoms with van der Waals surface area (Å²) in [6.07, 6.45) is 0. The summed E-state index contributed by atoms with van der Waals surface area (Å²) in [5, 5.41) is 3.56. The number of benzene rings is 2. The number of hydrogen-bond donors (Lipinski definition) is 1. The van der Waals surface area contributed by atoms with Crippen LogP contribution in [0, 0.1) is 5.82 Å². The maximum Gasteiger partial charge on any atom is 0.138 e. The van der Waals surface area contributed by atoms with Crippen molar-refractivity contribution in [2.75, 3.05) is 13.2 Å². The molecular formula is C15H15ClFNO. The molecule has 100 valence electrons. The van der Waals surface area contributed by atoms with Gasteiger partial charge in [0.05, 0.1) is 5.02 Å². The highest BCUT2D eigenvalue weighted by Gasteiger charge is 2.02. The molecular weight excluding hydrogens is 265 g/mol. The minimum absolute atomic E-state index is 0.294. The van der Waals surface area contributed by atoms with E-state index in [1.54, 1.807) is 0 Å². The van der Waals surface area contributed by atoms with Gasteiger partial charge in [0.15, 0.2) is 0 Å². The van der Waals surface area contributed by atoms with Gasteiger partial charge in [-0.1, -0.05) is 41.9 Å². The molecule has 0 radical (unpaired) electrons. The summed E-state index contributed by atoms with van der Waals surface area (Å²) in [5.74, 6) is 0.143. The van der Waals surface area contributed by atoms with Gasteiger partial charge in [-0.3, -0.25) is 0 Å². The summed E-state index contributed by atoms with van der Waals surface area (Å²) in [5.41, 5.74) is 1.22. The van der Waals surface area contributed by atoms with Crippen LogP contribution in [0.3, 0.4) is 0 Å². The highest BCUT2D eigenvalue weighted by atomic mass is 35.5. The lowest BCUT2D eigenvalue weighted by atomic mass is 10.2. The molecule has 2 aromatic carbocycles. The Kier molecular flexibility index (Phi) is 5.19. The Morgan fingerprint density at radius 2 is 1.89 bits per heavy atom. The van der Waals surface area contributed by atoms with E-state index in [-0.39, 0.29) is 5.82 Å². The third kappa shape index (κ3) is 4.54. The topological polar surface area (TPSA) is 21.3 Å². The lowest BCUT2D eigenvalue weighted by molar-refractivity contribution is 0.313. The van der Waals surface area contributed by atoms with E-state index in [1.807, 2.05) is 18.2 Å². The van der Waals surface area contributed by atoms with E-state index in [1.165, 1.54) is 23.8 Å². The molecule has 0 aliphatic carbocycles. The Morgan fingerprint density at radius 1 is 1.11 bits per heavy atom. The predicted molar refractivity (Wildman–Crippen MR) is 75.1 cm³/mol. The first-order chi connectivity index (χ1) is 9.25. The number of halogens is 2. The van der Waals surface area contributed by atoms with Crippen molar-refractivity contribution in [1.29, 1.82) is 0 Å². The van der Waals surface area contributed by atoms with Crippen LogP contribution in [0.5, 0.6) is 5.75 Å². The van der Waals surface area contributed by atoms with Crippen LogP contribution in [0.4, 0.5) is 4.39 Å². The smallest absolute Gasteiger partial charge is 0.138 e. The zero-order chi connectivity index (χ0) is 13.5. The number of ether oxygens (including phenoxy) is 1. The van der Waals surface area contributed by atoms with Gasteiger partial charge in [0.1, 0.15) is 18.2 Å². The van der Waals surface area contributed by atoms with Crippen molar-refractivity contribution in [1.82, 2.24) is 5.32 Å². The van der Waals surface area contributed by atoms with Crippen LogP contribution < -0.4 is 10.1 Å². The largest absolute Gasteiger partial charge is 0.491 e. The molecule has 2 nitrogen and oxygen atoms in total. The lowest BCUT2D eigenvalue weighted by Crippen LogP contribution is -2.20. The van der Waals surface area contributed by atoms with Crippen molar-refractivity contribution in [3.63, 3.8) is 0 Å². The zero-order valence-electron chi connectivity index (χ0n) is 10.4. The second-order valence-corrected chi connectivity index (χ2v) is 4.49. The molecule has 19 heavy (non-hydrogen) atoms. The third-order valence-corrected chi connectivity index (χ3v) is 2.90. The SMILES string of the molecule is Fc1ccc(OCCNCc2ccccc2)c(Cl)c1. The summed E-state index contributed by atoms with van der Waals surface area (Å²) >= 11 is 5.85. The first-order valence-corrected chi connectivity index (χ1v) is 6.46. The Morgan fingerprint density at radius 3 is 2.63 bits per heavy atom. The van der Waals surface area contributed by atoms with E-state index in [2.05, 4.69) is 17.4 Å². The molecule has 0 fully saturated rings. The first kappa shape index (κ1) is 13.8. The summed E-state index contributed by atoms with van der Waals surface area (Å²) in [7, 11) is 0. The minimum Gasteiger partial charge on any atom is -0.491 e. The maximum absolute atomic E-state index is 12.8. The molecule has 0 amide bonds. The summed E-state index contributed by atoms with van der Waals surface area (Å²) in [6, 6.07) is 14.2. The van der Waals surface area contributed by atoms with Crippen molar-refractivity contribution in [2.24, 2.45) is 0 Å². The second-order valence-electron chi connectivity index (χ2n) is 4.09. The van der Waals surface area contributed by atoms with Crippen molar-refractivity contribution >= 4 is 11.6 Å². The highest BCUT2D eigenvalue weighted by molar-refractivity contribution is 6.32. The number of nitrogens with one attached hydrogen (secondary N) is 1. The fraction of sp³-hybridized carbons (Fsp3) is 0.200. The zero-order valence-corrected chi connectivity index (χ0v) is 11.2. The minimum atomic E-state index is -0.362. The quantitative estimate of drug-likeness (QED) is 0.815. The second kappa shape index (κ2) is 7.12. The molecule has 4 heteroatoms. The van der Waals surface area contributed by atoms with Crippen LogP contribution in [0.2, 0.25) is 5.02 Å². The van der Waals surface area contributed by atoms with Crippen molar-refractivity contribution in [3.05, 3.63) is 64.9 Å². The normalized spacial score (nSPS) is 10.4. The van der Waals surface area contributed by atoms with E-state index in [4.69, 9.17) is 16.3 Å². The van der Waals surface area contributed by atoms with Crippen molar-refractivity contribution < 1.29 is 9.13 Å². The van der Waals surface area contributed by atoms with Gasteiger partial charge < -0.3 is 10.1 Å². The fourth-order valence-electron chi connectivity index (χ4n) is 1.65. The highest BCUT2D eigenvalue weighted by Crippen LogP contribution is 2.24. The third-order valence-electron chi connectivity index (χ3n) is 2.60. The van der Waals surface area contributed by atoms with Gasteiger partial charge in [-0.2, -0.15) is 0 Å². The van der Waals surface area contributed by atoms with Crippen LogP contribution in [-0.2, 0) is 6.54 Å². The van der Waals surface area contributed by atoms with Crippen LogP contribution >= 0.6 is 11.6 Å². The molecule has 0 atom stereocenters. The van der Waals surface area contributed by atoms with Crippen LogP contribution in [-0.4, -0.2) is 13.2 Å². The average molecular weight is 280 g/mol. The maximum atomic E-state index is 12.8. The van der Waals surface area contributed by atoms with Crippen molar-refractivity contribution in [3.8, 4) is 5.75 Å². The predicted octanol–water partition coefficient (Wildman–Crippen LogP) is 3.65. The van der Waals surface area contributed by atoms with Gasteiger partial charge in [-0.15, -0.1) is 0 Å². The van der Waals surface area contributed by atoms with E-state index >= 15 is 0 Å². The van der Waals surface area contributed by atoms with Gasteiger partial charge in [-0.25, -0.2) is 4.39 Å². The fourth-order valence-corrected chi connectivity index (χ4v) is 1.88. The van der Waals surface area contributed by atoms with Gasteiger partial charge in [0, 0.05) is 13.1 Å². The van der Waals surface area contributed by atoms with E-state index in [0.717, 1.165) is 6.54 Å². The van der Waals surface area contributed by atoms with E-state index < -0.39 is 0 Å². The molecule has 0 aromatic heterocycles. The Hall–Kier alpha value is -1.58. The van der Waals surface area contributed by atoms with Crippen LogP contribution in [0.1, 0.15) is 5.56 Å².